The monoisotopic (exact) mass is 411 g/mol. The molecule has 0 aromatic heterocycles. The summed E-state index contributed by atoms with van der Waals surface area (Å²) in [7, 11) is 0. The van der Waals surface area contributed by atoms with Crippen molar-refractivity contribution in [3.05, 3.63) is 59.7 Å². The maximum atomic E-state index is 11.9. The Kier molecular flexibility index (Phi) is 9.23. The standard InChI is InChI=1S/C19H21NO7.ClH/c20-15(8-12-6-7-16(22)17(23)9-12)19(25)27-11-14(21)10-26-18(24)13-4-2-1-3-5-13;/h1-7,9,14-15,21-23H,8,10-11,20H2;1H/t14?,15-;/m0./s1. The van der Waals surface area contributed by atoms with Gasteiger partial charge in [-0.2, -0.15) is 0 Å². The fourth-order valence-corrected chi connectivity index (χ4v) is 2.20. The van der Waals surface area contributed by atoms with E-state index in [1.54, 1.807) is 30.3 Å². The number of hydrogen-bond acceptors (Lipinski definition) is 8. The molecular weight excluding hydrogens is 390 g/mol. The summed E-state index contributed by atoms with van der Waals surface area (Å²) in [6, 6.07) is 11.4. The van der Waals surface area contributed by atoms with Gasteiger partial charge in [-0.1, -0.05) is 24.3 Å². The zero-order valence-corrected chi connectivity index (χ0v) is 15.7. The summed E-state index contributed by atoms with van der Waals surface area (Å²) in [4.78, 5) is 23.6. The van der Waals surface area contributed by atoms with Crippen LogP contribution >= 0.6 is 12.4 Å². The van der Waals surface area contributed by atoms with E-state index < -0.39 is 24.1 Å². The van der Waals surface area contributed by atoms with Gasteiger partial charge in [-0.05, 0) is 36.2 Å². The normalized spacial score (nSPS) is 12.4. The number of halogens is 1. The van der Waals surface area contributed by atoms with Gasteiger partial charge in [0.15, 0.2) is 11.5 Å². The van der Waals surface area contributed by atoms with Crippen molar-refractivity contribution in [2.24, 2.45) is 5.73 Å². The van der Waals surface area contributed by atoms with Crippen molar-refractivity contribution >= 4 is 24.3 Å². The van der Waals surface area contributed by atoms with Gasteiger partial charge in [0, 0.05) is 0 Å². The molecule has 0 radical (unpaired) electrons. The van der Waals surface area contributed by atoms with E-state index in [2.05, 4.69) is 0 Å². The van der Waals surface area contributed by atoms with Gasteiger partial charge in [0.2, 0.25) is 0 Å². The maximum Gasteiger partial charge on any atom is 0.338 e. The number of aliphatic hydroxyl groups is 1. The molecule has 0 bridgehead atoms. The highest BCUT2D eigenvalue weighted by molar-refractivity contribution is 5.89. The van der Waals surface area contributed by atoms with E-state index in [-0.39, 0.29) is 43.5 Å². The van der Waals surface area contributed by atoms with Crippen LogP contribution in [0, 0.1) is 0 Å². The van der Waals surface area contributed by atoms with Gasteiger partial charge in [0.1, 0.15) is 25.4 Å². The Labute approximate surface area is 167 Å². The van der Waals surface area contributed by atoms with Crippen LogP contribution in [0.4, 0.5) is 0 Å². The third-order valence-electron chi connectivity index (χ3n) is 3.63. The van der Waals surface area contributed by atoms with Crippen molar-refractivity contribution in [3.63, 3.8) is 0 Å². The molecule has 0 saturated carbocycles. The lowest BCUT2D eigenvalue weighted by molar-refractivity contribution is -0.148. The van der Waals surface area contributed by atoms with E-state index in [1.807, 2.05) is 0 Å². The summed E-state index contributed by atoms with van der Waals surface area (Å²) < 4.78 is 9.85. The molecule has 0 amide bonds. The number of phenolic OH excluding ortho intramolecular Hbond substituents is 2. The predicted octanol–water partition coefficient (Wildman–Crippen LogP) is 1.15. The van der Waals surface area contributed by atoms with Gasteiger partial charge in [-0.25, -0.2) is 4.79 Å². The van der Waals surface area contributed by atoms with Gasteiger partial charge >= 0.3 is 11.9 Å². The highest BCUT2D eigenvalue weighted by Crippen LogP contribution is 2.25. The number of ether oxygens (including phenoxy) is 2. The summed E-state index contributed by atoms with van der Waals surface area (Å²) in [5.74, 6) is -1.94. The van der Waals surface area contributed by atoms with Crippen LogP contribution in [0.3, 0.4) is 0 Å². The molecule has 0 saturated heterocycles. The molecule has 0 aliphatic carbocycles. The Hall–Kier alpha value is -2.81. The number of benzene rings is 2. The van der Waals surface area contributed by atoms with E-state index in [4.69, 9.17) is 15.2 Å². The molecule has 0 spiro atoms. The van der Waals surface area contributed by atoms with Crippen molar-refractivity contribution in [1.29, 1.82) is 0 Å². The lowest BCUT2D eigenvalue weighted by Gasteiger charge is -2.15. The van der Waals surface area contributed by atoms with E-state index in [9.17, 15) is 24.9 Å². The van der Waals surface area contributed by atoms with Crippen LogP contribution in [0.1, 0.15) is 15.9 Å². The van der Waals surface area contributed by atoms with Crippen LogP contribution < -0.4 is 5.73 Å². The van der Waals surface area contributed by atoms with E-state index >= 15 is 0 Å². The lowest BCUT2D eigenvalue weighted by Crippen LogP contribution is -2.36. The molecule has 0 fully saturated rings. The fourth-order valence-electron chi connectivity index (χ4n) is 2.20. The van der Waals surface area contributed by atoms with E-state index in [0.29, 0.717) is 11.1 Å². The summed E-state index contributed by atoms with van der Waals surface area (Å²) >= 11 is 0. The molecule has 152 valence electrons. The first-order valence-electron chi connectivity index (χ1n) is 8.20. The third kappa shape index (κ3) is 7.07. The molecular formula is C19H22ClNO7. The number of aliphatic hydroxyl groups excluding tert-OH is 1. The van der Waals surface area contributed by atoms with Crippen LogP contribution in [0.2, 0.25) is 0 Å². The van der Waals surface area contributed by atoms with Gasteiger partial charge in [-0.15, -0.1) is 12.4 Å². The van der Waals surface area contributed by atoms with Crippen LogP contribution in [0.15, 0.2) is 48.5 Å². The van der Waals surface area contributed by atoms with Crippen molar-refractivity contribution in [3.8, 4) is 11.5 Å². The molecule has 5 N–H and O–H groups in total. The number of carbonyl (C=O) groups is 2. The number of rotatable bonds is 8. The summed E-state index contributed by atoms with van der Waals surface area (Å²) in [6.07, 6.45) is -1.11. The third-order valence-corrected chi connectivity index (χ3v) is 3.63. The number of esters is 2. The number of nitrogens with two attached hydrogens (primary N) is 1. The average Bonchev–Trinajstić information content (AvgIpc) is 2.67. The molecule has 8 nitrogen and oxygen atoms in total. The molecule has 2 aromatic rings. The second-order valence-corrected chi connectivity index (χ2v) is 5.88. The number of aromatic hydroxyl groups is 2. The van der Waals surface area contributed by atoms with Crippen LogP contribution in [0.25, 0.3) is 0 Å². The zero-order chi connectivity index (χ0) is 19.8. The summed E-state index contributed by atoms with van der Waals surface area (Å²) in [5, 5.41) is 28.5. The molecule has 0 aliphatic heterocycles. The number of carbonyl (C=O) groups excluding carboxylic acids is 2. The quantitative estimate of drug-likeness (QED) is 0.374. The lowest BCUT2D eigenvalue weighted by atomic mass is 10.1. The van der Waals surface area contributed by atoms with Gasteiger partial charge in [0.05, 0.1) is 5.56 Å². The summed E-state index contributed by atoms with van der Waals surface area (Å²) in [6.45, 7) is -0.711. The maximum absolute atomic E-state index is 11.9. The largest absolute Gasteiger partial charge is 0.504 e. The predicted molar refractivity (Wildman–Crippen MR) is 102 cm³/mol. The fraction of sp³-hybridized carbons (Fsp3) is 0.263. The molecule has 0 heterocycles. The van der Waals surface area contributed by atoms with Gasteiger partial charge in [-0.3, -0.25) is 4.79 Å². The van der Waals surface area contributed by atoms with Crippen LogP contribution in [0.5, 0.6) is 11.5 Å². The van der Waals surface area contributed by atoms with Crippen molar-refractivity contribution in [2.45, 2.75) is 18.6 Å². The van der Waals surface area contributed by atoms with Crippen LogP contribution in [-0.4, -0.2) is 52.6 Å². The smallest absolute Gasteiger partial charge is 0.338 e. The van der Waals surface area contributed by atoms with E-state index in [0.717, 1.165) is 0 Å². The summed E-state index contributed by atoms with van der Waals surface area (Å²) in [5.41, 5.74) is 6.62. The molecule has 9 heteroatoms. The van der Waals surface area contributed by atoms with Gasteiger partial charge < -0.3 is 30.5 Å². The second-order valence-electron chi connectivity index (χ2n) is 5.88. The first-order chi connectivity index (χ1) is 12.9. The average molecular weight is 412 g/mol. The highest BCUT2D eigenvalue weighted by Gasteiger charge is 2.19. The minimum Gasteiger partial charge on any atom is -0.504 e. The minimum absolute atomic E-state index is 0. The van der Waals surface area contributed by atoms with E-state index in [1.165, 1.54) is 18.2 Å². The van der Waals surface area contributed by atoms with Gasteiger partial charge in [0.25, 0.3) is 0 Å². The Morgan fingerprint density at radius 1 is 0.964 bits per heavy atom. The molecule has 2 aromatic carbocycles. The molecule has 2 atom stereocenters. The molecule has 28 heavy (non-hydrogen) atoms. The van der Waals surface area contributed by atoms with Crippen molar-refractivity contribution in [1.82, 2.24) is 0 Å². The molecule has 0 aliphatic rings. The minimum atomic E-state index is -1.19. The van der Waals surface area contributed by atoms with Crippen molar-refractivity contribution < 1.29 is 34.4 Å². The Balaban J connectivity index is 0.00000392. The zero-order valence-electron chi connectivity index (χ0n) is 14.9. The first-order valence-corrected chi connectivity index (χ1v) is 8.20. The molecule has 2 rings (SSSR count). The second kappa shape index (κ2) is 11.1. The Morgan fingerprint density at radius 3 is 2.25 bits per heavy atom. The highest BCUT2D eigenvalue weighted by atomic mass is 35.5. The Bertz CT molecular complexity index is 785. The number of phenols is 2. The first kappa shape index (κ1) is 23.2. The van der Waals surface area contributed by atoms with Crippen LogP contribution in [-0.2, 0) is 20.7 Å². The van der Waals surface area contributed by atoms with Crippen molar-refractivity contribution in [2.75, 3.05) is 13.2 Å². The Morgan fingerprint density at radius 2 is 1.61 bits per heavy atom. The number of hydrogen-bond donors (Lipinski definition) is 4. The topological polar surface area (TPSA) is 139 Å². The molecule has 1 unspecified atom stereocenters. The SMILES string of the molecule is Cl.N[C@@H](Cc1ccc(O)c(O)c1)C(=O)OCC(O)COC(=O)c1ccccc1.